The molecule has 7 nitrogen and oxygen atoms in total. The van der Waals surface area contributed by atoms with Gasteiger partial charge in [0, 0.05) is 18.2 Å². The molecule has 0 spiro atoms. The molecular formula is C18H16N2O5. The highest BCUT2D eigenvalue weighted by molar-refractivity contribution is 6.05. The summed E-state index contributed by atoms with van der Waals surface area (Å²) >= 11 is 0. The number of anilines is 1. The summed E-state index contributed by atoms with van der Waals surface area (Å²) in [6, 6.07) is 11.5. The number of nitro benzene ring substituents is 1. The summed E-state index contributed by atoms with van der Waals surface area (Å²) < 4.78 is 10.6. The topological polar surface area (TPSA) is 81.9 Å². The summed E-state index contributed by atoms with van der Waals surface area (Å²) in [6.07, 6.45) is 3.11. The van der Waals surface area contributed by atoms with Crippen LogP contribution in [0.4, 0.5) is 11.4 Å². The van der Waals surface area contributed by atoms with Crippen LogP contribution >= 0.6 is 0 Å². The smallest absolute Gasteiger partial charge is 0.271 e. The molecule has 25 heavy (non-hydrogen) atoms. The van der Waals surface area contributed by atoms with E-state index in [4.69, 9.17) is 9.47 Å². The van der Waals surface area contributed by atoms with Crippen LogP contribution in [0, 0.1) is 10.1 Å². The van der Waals surface area contributed by atoms with Crippen molar-refractivity contribution in [2.24, 2.45) is 0 Å². The van der Waals surface area contributed by atoms with E-state index >= 15 is 0 Å². The van der Waals surface area contributed by atoms with Gasteiger partial charge in [0.1, 0.15) is 18.1 Å². The second-order valence-corrected chi connectivity index (χ2v) is 5.36. The summed E-state index contributed by atoms with van der Waals surface area (Å²) in [6.45, 7) is 0.666. The average Bonchev–Trinajstić information content (AvgIpc) is 2.65. The molecule has 0 atom stereocenters. The first-order valence-electron chi connectivity index (χ1n) is 7.63. The number of carbonyl (C=O) groups excluding carboxylic acids is 1. The van der Waals surface area contributed by atoms with Gasteiger partial charge in [0.05, 0.1) is 24.3 Å². The number of non-ortho nitro benzene ring substituents is 1. The van der Waals surface area contributed by atoms with Gasteiger partial charge in [-0.15, -0.1) is 0 Å². The molecule has 0 radical (unpaired) electrons. The molecule has 0 aliphatic carbocycles. The van der Waals surface area contributed by atoms with Gasteiger partial charge in [-0.25, -0.2) is 0 Å². The summed E-state index contributed by atoms with van der Waals surface area (Å²) in [4.78, 5) is 24.5. The molecule has 0 bridgehead atoms. The molecule has 7 heteroatoms. The number of amides is 1. The Labute approximate surface area is 144 Å². The van der Waals surface area contributed by atoms with E-state index in [2.05, 4.69) is 0 Å². The van der Waals surface area contributed by atoms with E-state index in [1.807, 2.05) is 24.3 Å². The summed E-state index contributed by atoms with van der Waals surface area (Å²) in [5, 5.41) is 11.0. The zero-order valence-corrected chi connectivity index (χ0v) is 13.5. The number of hydrogen-bond acceptors (Lipinski definition) is 5. The number of fused-ring (bicyclic) bond motifs is 1. The number of rotatable bonds is 4. The minimum Gasteiger partial charge on any atom is -0.497 e. The molecule has 128 valence electrons. The van der Waals surface area contributed by atoms with E-state index in [9.17, 15) is 14.9 Å². The van der Waals surface area contributed by atoms with Crippen LogP contribution < -0.4 is 14.4 Å². The van der Waals surface area contributed by atoms with Gasteiger partial charge in [-0.3, -0.25) is 14.9 Å². The Morgan fingerprint density at radius 1 is 1.32 bits per heavy atom. The summed E-state index contributed by atoms with van der Waals surface area (Å²) in [7, 11) is 1.57. The molecule has 2 aromatic rings. The van der Waals surface area contributed by atoms with Crippen LogP contribution in [-0.4, -0.2) is 31.1 Å². The van der Waals surface area contributed by atoms with Crippen molar-refractivity contribution in [3.8, 4) is 11.5 Å². The molecule has 3 rings (SSSR count). The molecule has 1 aliphatic heterocycles. The fourth-order valence-corrected chi connectivity index (χ4v) is 2.55. The van der Waals surface area contributed by atoms with Crippen molar-refractivity contribution < 1.29 is 19.2 Å². The van der Waals surface area contributed by atoms with Gasteiger partial charge >= 0.3 is 0 Å². The van der Waals surface area contributed by atoms with Crippen LogP contribution in [-0.2, 0) is 4.79 Å². The number of ether oxygens (including phenoxy) is 2. The van der Waals surface area contributed by atoms with Crippen molar-refractivity contribution in [1.82, 2.24) is 0 Å². The number of methoxy groups -OCH3 is 1. The van der Waals surface area contributed by atoms with Crippen LogP contribution in [0.15, 0.2) is 48.5 Å². The Balaban J connectivity index is 1.85. The van der Waals surface area contributed by atoms with E-state index in [1.165, 1.54) is 29.2 Å². The van der Waals surface area contributed by atoms with Crippen LogP contribution in [0.5, 0.6) is 11.5 Å². The molecule has 0 saturated carbocycles. The third-order valence-corrected chi connectivity index (χ3v) is 3.79. The highest BCUT2D eigenvalue weighted by Crippen LogP contribution is 2.35. The monoisotopic (exact) mass is 340 g/mol. The maximum Gasteiger partial charge on any atom is 0.271 e. The number of benzene rings is 2. The maximum atomic E-state index is 12.6. The lowest BCUT2D eigenvalue weighted by molar-refractivity contribution is -0.384. The lowest BCUT2D eigenvalue weighted by Crippen LogP contribution is -2.36. The second-order valence-electron chi connectivity index (χ2n) is 5.36. The molecule has 0 fully saturated rings. The number of hydrogen-bond donors (Lipinski definition) is 0. The second kappa shape index (κ2) is 7.04. The van der Waals surface area contributed by atoms with Crippen LogP contribution in [0.25, 0.3) is 6.08 Å². The third kappa shape index (κ3) is 3.60. The third-order valence-electron chi connectivity index (χ3n) is 3.79. The molecule has 2 aromatic carbocycles. The van der Waals surface area contributed by atoms with E-state index in [0.717, 1.165) is 5.56 Å². The largest absolute Gasteiger partial charge is 0.497 e. The Kier molecular flexibility index (Phi) is 4.65. The Hall–Kier alpha value is -3.35. The fourth-order valence-electron chi connectivity index (χ4n) is 2.55. The minimum atomic E-state index is -0.496. The molecule has 1 heterocycles. The zero-order chi connectivity index (χ0) is 17.8. The van der Waals surface area contributed by atoms with E-state index < -0.39 is 4.92 Å². The van der Waals surface area contributed by atoms with Crippen LogP contribution in [0.3, 0.4) is 0 Å². The van der Waals surface area contributed by atoms with Gasteiger partial charge in [0.2, 0.25) is 0 Å². The Bertz CT molecular complexity index is 847. The molecule has 1 aliphatic rings. The predicted molar refractivity (Wildman–Crippen MR) is 93.0 cm³/mol. The van der Waals surface area contributed by atoms with E-state index in [1.54, 1.807) is 13.2 Å². The van der Waals surface area contributed by atoms with Gasteiger partial charge in [-0.2, -0.15) is 0 Å². The summed E-state index contributed by atoms with van der Waals surface area (Å²) in [5.74, 6) is 0.884. The van der Waals surface area contributed by atoms with E-state index in [-0.39, 0.29) is 11.6 Å². The van der Waals surface area contributed by atoms with Crippen molar-refractivity contribution in [3.05, 3.63) is 64.2 Å². The lowest BCUT2D eigenvalue weighted by atomic mass is 10.2. The molecule has 0 unspecified atom stereocenters. The fraction of sp³-hybridized carbons (Fsp3) is 0.167. The van der Waals surface area contributed by atoms with Crippen LogP contribution in [0.2, 0.25) is 0 Å². The first kappa shape index (κ1) is 16.5. The molecule has 0 N–H and O–H groups in total. The van der Waals surface area contributed by atoms with Gasteiger partial charge in [0.15, 0.2) is 0 Å². The zero-order valence-electron chi connectivity index (χ0n) is 13.5. The Morgan fingerprint density at radius 3 is 2.92 bits per heavy atom. The van der Waals surface area contributed by atoms with E-state index in [0.29, 0.717) is 30.3 Å². The van der Waals surface area contributed by atoms with Gasteiger partial charge < -0.3 is 14.4 Å². The molecule has 1 amide bonds. The SMILES string of the molecule is COc1cccc(/C=C/C(=O)N2CCOc3ccc([N+](=O)[O-])cc32)c1. The summed E-state index contributed by atoms with van der Waals surface area (Å²) in [5.41, 5.74) is 1.14. The van der Waals surface area contributed by atoms with Crippen molar-refractivity contribution >= 4 is 23.4 Å². The quantitative estimate of drug-likeness (QED) is 0.485. The number of nitro groups is 1. The first-order valence-corrected chi connectivity index (χ1v) is 7.63. The molecule has 0 aromatic heterocycles. The normalized spacial score (nSPS) is 13.2. The minimum absolute atomic E-state index is 0.0844. The Morgan fingerprint density at radius 2 is 2.16 bits per heavy atom. The van der Waals surface area contributed by atoms with Gasteiger partial charge in [-0.1, -0.05) is 12.1 Å². The molecule has 0 saturated heterocycles. The van der Waals surface area contributed by atoms with Crippen molar-refractivity contribution in [2.45, 2.75) is 0 Å². The van der Waals surface area contributed by atoms with Crippen molar-refractivity contribution in [3.63, 3.8) is 0 Å². The number of carbonyl (C=O) groups is 1. The maximum absolute atomic E-state index is 12.6. The lowest BCUT2D eigenvalue weighted by Gasteiger charge is -2.28. The average molecular weight is 340 g/mol. The highest BCUT2D eigenvalue weighted by atomic mass is 16.6. The van der Waals surface area contributed by atoms with Crippen molar-refractivity contribution in [1.29, 1.82) is 0 Å². The van der Waals surface area contributed by atoms with Gasteiger partial charge in [0.25, 0.3) is 11.6 Å². The van der Waals surface area contributed by atoms with Crippen LogP contribution in [0.1, 0.15) is 5.56 Å². The first-order chi connectivity index (χ1) is 12.1. The predicted octanol–water partition coefficient (Wildman–Crippen LogP) is 3.04. The highest BCUT2D eigenvalue weighted by Gasteiger charge is 2.24. The standard InChI is InChI=1S/C18H16N2O5/c1-24-15-4-2-3-13(11-15)5-8-18(21)19-9-10-25-17-7-6-14(20(22)23)12-16(17)19/h2-8,11-12H,9-10H2,1H3/b8-5+. The number of nitrogens with zero attached hydrogens (tertiary/aromatic N) is 2. The van der Waals surface area contributed by atoms with Crippen molar-refractivity contribution in [2.75, 3.05) is 25.2 Å². The molecular weight excluding hydrogens is 324 g/mol. The van der Waals surface area contributed by atoms with Gasteiger partial charge in [-0.05, 0) is 29.8 Å².